The lowest BCUT2D eigenvalue weighted by Gasteiger charge is -2.20. The molecule has 18 heavy (non-hydrogen) atoms. The van der Waals surface area contributed by atoms with E-state index >= 15 is 0 Å². The number of halogens is 2. The molecule has 100 valence electrons. The molecule has 0 saturated heterocycles. The highest BCUT2D eigenvalue weighted by Gasteiger charge is 2.14. The number of nitrogens with two attached hydrogens (primary N) is 1. The maximum absolute atomic E-state index is 14.1. The maximum atomic E-state index is 14.1. The molecule has 0 aliphatic rings. The van der Waals surface area contributed by atoms with E-state index in [4.69, 9.17) is 18.0 Å². The first-order valence-corrected chi connectivity index (χ1v) is 6.72. The largest absolute Gasteiger partial charge is 0.389 e. The molecular formula is C12H17BrFN3S. The number of benzene rings is 1. The zero-order chi connectivity index (χ0) is 13.9. The van der Waals surface area contributed by atoms with Crippen molar-refractivity contribution in [1.29, 1.82) is 0 Å². The molecule has 1 atom stereocenters. The van der Waals surface area contributed by atoms with Crippen LogP contribution in [0.4, 0.5) is 10.1 Å². The molecule has 1 rings (SSSR count). The van der Waals surface area contributed by atoms with Crippen LogP contribution in [0.1, 0.15) is 12.5 Å². The fraction of sp³-hybridized carbons (Fsp3) is 0.417. The molecule has 0 aliphatic heterocycles. The van der Waals surface area contributed by atoms with Crippen molar-refractivity contribution < 1.29 is 4.39 Å². The second-order valence-corrected chi connectivity index (χ2v) is 5.69. The summed E-state index contributed by atoms with van der Waals surface area (Å²) in [6.45, 7) is 2.81. The Labute approximate surface area is 121 Å². The zero-order valence-electron chi connectivity index (χ0n) is 10.6. The van der Waals surface area contributed by atoms with Gasteiger partial charge in [-0.15, -0.1) is 0 Å². The van der Waals surface area contributed by atoms with Crippen LogP contribution in [0.5, 0.6) is 0 Å². The third-order valence-corrected chi connectivity index (χ3v) is 3.38. The minimum Gasteiger partial charge on any atom is -0.389 e. The van der Waals surface area contributed by atoms with Gasteiger partial charge in [0.2, 0.25) is 0 Å². The summed E-state index contributed by atoms with van der Waals surface area (Å²) in [6.07, 6.45) is 0. The van der Waals surface area contributed by atoms with Gasteiger partial charge in [0.05, 0.1) is 10.2 Å². The molecule has 0 amide bonds. The van der Waals surface area contributed by atoms with Crippen molar-refractivity contribution in [2.75, 3.05) is 26.0 Å². The molecule has 3 nitrogen and oxygen atoms in total. The Morgan fingerprint density at radius 1 is 1.56 bits per heavy atom. The van der Waals surface area contributed by atoms with Gasteiger partial charge in [-0.2, -0.15) is 0 Å². The number of nitrogens with one attached hydrogen (secondary N) is 1. The average Bonchev–Trinajstić information content (AvgIpc) is 2.23. The smallest absolute Gasteiger partial charge is 0.161 e. The third kappa shape index (κ3) is 3.90. The van der Waals surface area contributed by atoms with Gasteiger partial charge in [-0.1, -0.05) is 12.2 Å². The number of anilines is 1. The summed E-state index contributed by atoms with van der Waals surface area (Å²) in [5.41, 5.74) is 6.46. The summed E-state index contributed by atoms with van der Waals surface area (Å²) < 4.78 is 14.4. The number of hydrogen-bond donors (Lipinski definition) is 2. The fourth-order valence-electron chi connectivity index (χ4n) is 1.71. The van der Waals surface area contributed by atoms with Gasteiger partial charge in [0, 0.05) is 18.2 Å². The predicted octanol–water partition coefficient (Wildman–Crippen LogP) is 2.58. The standard InChI is InChI=1S/C12H17BrFN3S/c1-7(6-17(2)3)16-9-5-4-8(12(15)18)10(13)11(9)14/h4-5,7,16H,6H2,1-3H3,(H2,15,18). The Morgan fingerprint density at radius 2 is 2.17 bits per heavy atom. The van der Waals surface area contributed by atoms with Crippen molar-refractivity contribution in [1.82, 2.24) is 4.90 Å². The molecule has 0 fully saturated rings. The molecule has 0 spiro atoms. The van der Waals surface area contributed by atoms with Gasteiger partial charge in [-0.3, -0.25) is 0 Å². The van der Waals surface area contributed by atoms with E-state index < -0.39 is 0 Å². The molecule has 0 aliphatic carbocycles. The molecule has 1 aromatic rings. The highest BCUT2D eigenvalue weighted by Crippen LogP contribution is 2.27. The molecule has 0 bridgehead atoms. The first kappa shape index (κ1) is 15.3. The monoisotopic (exact) mass is 333 g/mol. The highest BCUT2D eigenvalue weighted by molar-refractivity contribution is 9.10. The number of rotatable bonds is 5. The van der Waals surface area contributed by atoms with Crippen LogP contribution < -0.4 is 11.1 Å². The molecule has 6 heteroatoms. The average molecular weight is 334 g/mol. The summed E-state index contributed by atoms with van der Waals surface area (Å²) >= 11 is 8.03. The zero-order valence-corrected chi connectivity index (χ0v) is 13.0. The van der Waals surface area contributed by atoms with E-state index in [9.17, 15) is 4.39 Å². The van der Waals surface area contributed by atoms with Crippen LogP contribution in [0.15, 0.2) is 16.6 Å². The quantitative estimate of drug-likeness (QED) is 0.812. The molecular weight excluding hydrogens is 317 g/mol. The molecule has 0 heterocycles. The number of likely N-dealkylation sites (N-methyl/N-ethyl adjacent to an activating group) is 1. The third-order valence-electron chi connectivity index (χ3n) is 2.39. The Hall–Kier alpha value is -0.720. The fourth-order valence-corrected chi connectivity index (χ4v) is 2.57. The first-order valence-electron chi connectivity index (χ1n) is 5.52. The maximum Gasteiger partial charge on any atom is 0.161 e. The van der Waals surface area contributed by atoms with Crippen molar-refractivity contribution in [3.05, 3.63) is 28.0 Å². The van der Waals surface area contributed by atoms with E-state index in [1.165, 1.54) is 0 Å². The Balaban J connectivity index is 2.92. The van der Waals surface area contributed by atoms with Gasteiger partial charge >= 0.3 is 0 Å². The van der Waals surface area contributed by atoms with Crippen LogP contribution in [0.3, 0.4) is 0 Å². The topological polar surface area (TPSA) is 41.3 Å². The van der Waals surface area contributed by atoms with Crippen molar-refractivity contribution in [2.24, 2.45) is 5.73 Å². The Morgan fingerprint density at radius 3 is 2.67 bits per heavy atom. The van der Waals surface area contributed by atoms with Gasteiger partial charge in [0.1, 0.15) is 4.99 Å². The summed E-state index contributed by atoms with van der Waals surface area (Å²) in [6, 6.07) is 3.50. The number of thiocarbonyl (C=S) groups is 1. The molecule has 0 radical (unpaired) electrons. The van der Waals surface area contributed by atoms with Crippen LogP contribution in [0, 0.1) is 5.82 Å². The highest BCUT2D eigenvalue weighted by atomic mass is 79.9. The predicted molar refractivity (Wildman–Crippen MR) is 81.6 cm³/mol. The van der Waals surface area contributed by atoms with Gasteiger partial charge in [-0.25, -0.2) is 4.39 Å². The molecule has 0 aromatic heterocycles. The second-order valence-electron chi connectivity index (χ2n) is 4.46. The van der Waals surface area contributed by atoms with E-state index in [2.05, 4.69) is 21.2 Å². The minimum absolute atomic E-state index is 0.136. The molecule has 1 unspecified atom stereocenters. The van der Waals surface area contributed by atoms with Gasteiger partial charge < -0.3 is 16.0 Å². The van der Waals surface area contributed by atoms with E-state index in [1.54, 1.807) is 12.1 Å². The summed E-state index contributed by atoms with van der Waals surface area (Å²) in [5, 5.41) is 3.12. The van der Waals surface area contributed by atoms with Crippen molar-refractivity contribution in [3.63, 3.8) is 0 Å². The first-order chi connectivity index (χ1) is 8.32. The van der Waals surface area contributed by atoms with Gasteiger partial charge in [0.25, 0.3) is 0 Å². The summed E-state index contributed by atoms with van der Waals surface area (Å²) in [4.78, 5) is 2.21. The summed E-state index contributed by atoms with van der Waals surface area (Å²) in [7, 11) is 3.95. The van der Waals surface area contributed by atoms with Crippen LogP contribution in [-0.4, -0.2) is 36.6 Å². The van der Waals surface area contributed by atoms with Crippen LogP contribution >= 0.6 is 28.1 Å². The second kappa shape index (κ2) is 6.45. The number of nitrogens with zero attached hydrogens (tertiary/aromatic N) is 1. The van der Waals surface area contributed by atoms with Crippen LogP contribution in [0.2, 0.25) is 0 Å². The lowest BCUT2D eigenvalue weighted by molar-refractivity contribution is 0.391. The van der Waals surface area contributed by atoms with Gasteiger partial charge in [-0.05, 0) is 49.1 Å². The van der Waals surface area contributed by atoms with Crippen molar-refractivity contribution >= 4 is 38.8 Å². The van der Waals surface area contributed by atoms with Crippen molar-refractivity contribution in [2.45, 2.75) is 13.0 Å². The molecule has 0 saturated carbocycles. The minimum atomic E-state index is -0.370. The Kier molecular flexibility index (Phi) is 5.49. The van der Waals surface area contributed by atoms with Gasteiger partial charge in [0.15, 0.2) is 5.82 Å². The van der Waals surface area contributed by atoms with Crippen LogP contribution in [-0.2, 0) is 0 Å². The van der Waals surface area contributed by atoms with E-state index in [1.807, 2.05) is 25.9 Å². The lowest BCUT2D eigenvalue weighted by atomic mass is 10.2. The number of hydrogen-bond acceptors (Lipinski definition) is 3. The molecule has 3 N–H and O–H groups in total. The lowest BCUT2D eigenvalue weighted by Crippen LogP contribution is -2.30. The van der Waals surface area contributed by atoms with Crippen molar-refractivity contribution in [3.8, 4) is 0 Å². The van der Waals surface area contributed by atoms with Crippen LogP contribution in [0.25, 0.3) is 0 Å². The van der Waals surface area contributed by atoms with E-state index in [0.29, 0.717) is 15.7 Å². The normalized spacial score (nSPS) is 12.6. The SMILES string of the molecule is CC(CN(C)C)Nc1ccc(C(N)=S)c(Br)c1F. The summed E-state index contributed by atoms with van der Waals surface area (Å²) in [5.74, 6) is -0.370. The van der Waals surface area contributed by atoms with E-state index in [-0.39, 0.29) is 16.8 Å². The van der Waals surface area contributed by atoms with E-state index in [0.717, 1.165) is 6.54 Å². The molecule has 1 aromatic carbocycles. The Bertz CT molecular complexity index is 451.